The van der Waals surface area contributed by atoms with Crippen molar-refractivity contribution < 1.29 is 13.9 Å². The number of hydrogen-bond donors (Lipinski definition) is 0. The third-order valence-electron chi connectivity index (χ3n) is 1.62. The first-order valence-corrected chi connectivity index (χ1v) is 4.64. The maximum Gasteiger partial charge on any atom is 0.341 e. The highest BCUT2D eigenvalue weighted by Crippen LogP contribution is 2.17. The number of esters is 1. The summed E-state index contributed by atoms with van der Waals surface area (Å²) in [6.45, 7) is 1.86. The number of isothiocyanates is 1. The lowest BCUT2D eigenvalue weighted by Gasteiger charge is -2.02. The van der Waals surface area contributed by atoms with Crippen LogP contribution >= 0.6 is 12.2 Å². The van der Waals surface area contributed by atoms with E-state index in [-0.39, 0.29) is 12.2 Å². The lowest BCUT2D eigenvalue weighted by molar-refractivity contribution is 0.0521. The first kappa shape index (κ1) is 11.5. The first-order chi connectivity index (χ1) is 7.19. The second kappa shape index (κ2) is 5.34. The Bertz CT molecular complexity index is 427. The molecule has 0 atom stereocenters. The van der Waals surface area contributed by atoms with Gasteiger partial charge in [-0.1, -0.05) is 0 Å². The van der Waals surface area contributed by atoms with Crippen molar-refractivity contribution in [2.24, 2.45) is 4.99 Å². The van der Waals surface area contributed by atoms with Crippen LogP contribution in [0.15, 0.2) is 23.2 Å². The molecule has 0 saturated carbocycles. The summed E-state index contributed by atoms with van der Waals surface area (Å²) in [5.74, 6) is -1.37. The Balaban J connectivity index is 3.02. The van der Waals surface area contributed by atoms with Crippen molar-refractivity contribution in [1.82, 2.24) is 0 Å². The van der Waals surface area contributed by atoms with Crippen molar-refractivity contribution in [3.63, 3.8) is 0 Å². The zero-order valence-corrected chi connectivity index (χ0v) is 8.81. The van der Waals surface area contributed by atoms with E-state index in [9.17, 15) is 9.18 Å². The van der Waals surface area contributed by atoms with Gasteiger partial charge in [-0.2, -0.15) is 4.99 Å². The second-order valence-corrected chi connectivity index (χ2v) is 2.77. The molecule has 1 rings (SSSR count). The summed E-state index contributed by atoms with van der Waals surface area (Å²) in [6, 6.07) is 3.87. The van der Waals surface area contributed by atoms with Crippen LogP contribution in [0.5, 0.6) is 0 Å². The minimum Gasteiger partial charge on any atom is -0.462 e. The van der Waals surface area contributed by atoms with Crippen molar-refractivity contribution in [2.45, 2.75) is 6.92 Å². The standard InChI is InChI=1S/C10H8FNO2S/c1-2-14-10(13)8-4-3-7(12-6-15)5-9(8)11/h3-5H,2H2,1H3. The van der Waals surface area contributed by atoms with Crippen molar-refractivity contribution in [2.75, 3.05) is 6.61 Å². The molecule has 3 nitrogen and oxygen atoms in total. The molecule has 0 spiro atoms. The van der Waals surface area contributed by atoms with Crippen LogP contribution in [0.2, 0.25) is 0 Å². The van der Waals surface area contributed by atoms with E-state index < -0.39 is 11.8 Å². The molecule has 0 aliphatic rings. The van der Waals surface area contributed by atoms with Gasteiger partial charge in [0.25, 0.3) is 0 Å². The number of benzene rings is 1. The fraction of sp³-hybridized carbons (Fsp3) is 0.200. The smallest absolute Gasteiger partial charge is 0.341 e. The van der Waals surface area contributed by atoms with Gasteiger partial charge in [-0.25, -0.2) is 9.18 Å². The minimum absolute atomic E-state index is 0.111. The molecular weight excluding hydrogens is 217 g/mol. The molecule has 0 radical (unpaired) electrons. The van der Waals surface area contributed by atoms with Crippen molar-refractivity contribution in [1.29, 1.82) is 0 Å². The number of aliphatic imine (C=N–C) groups is 1. The maximum absolute atomic E-state index is 13.3. The van der Waals surface area contributed by atoms with E-state index in [0.717, 1.165) is 6.07 Å². The van der Waals surface area contributed by atoms with Crippen LogP contribution in [-0.2, 0) is 4.74 Å². The largest absolute Gasteiger partial charge is 0.462 e. The van der Waals surface area contributed by atoms with Crippen LogP contribution < -0.4 is 0 Å². The molecule has 15 heavy (non-hydrogen) atoms. The van der Waals surface area contributed by atoms with E-state index in [1.54, 1.807) is 6.92 Å². The Morgan fingerprint density at radius 2 is 2.40 bits per heavy atom. The molecule has 0 fully saturated rings. The van der Waals surface area contributed by atoms with Gasteiger partial charge in [-0.3, -0.25) is 0 Å². The van der Waals surface area contributed by atoms with Crippen LogP contribution in [0.25, 0.3) is 0 Å². The maximum atomic E-state index is 13.3. The number of thiocarbonyl (C=S) groups is 1. The lowest BCUT2D eigenvalue weighted by Crippen LogP contribution is -2.06. The Hall–Kier alpha value is -1.58. The fourth-order valence-corrected chi connectivity index (χ4v) is 1.11. The molecule has 0 bridgehead atoms. The fourth-order valence-electron chi connectivity index (χ4n) is 1.00. The van der Waals surface area contributed by atoms with E-state index in [0.29, 0.717) is 5.69 Å². The number of hydrogen-bond acceptors (Lipinski definition) is 4. The molecule has 0 amide bonds. The molecule has 1 aromatic carbocycles. The van der Waals surface area contributed by atoms with Gasteiger partial charge in [0.05, 0.1) is 23.0 Å². The second-order valence-electron chi connectivity index (χ2n) is 2.59. The van der Waals surface area contributed by atoms with E-state index in [1.165, 1.54) is 12.1 Å². The van der Waals surface area contributed by atoms with Gasteiger partial charge < -0.3 is 4.74 Å². The summed E-state index contributed by atoms with van der Waals surface area (Å²) in [5, 5.41) is 2.11. The van der Waals surface area contributed by atoms with E-state index >= 15 is 0 Å². The van der Waals surface area contributed by atoms with Gasteiger partial charge in [0.15, 0.2) is 0 Å². The van der Waals surface area contributed by atoms with E-state index in [1.807, 2.05) is 0 Å². The topological polar surface area (TPSA) is 38.7 Å². The number of halogens is 1. The average molecular weight is 225 g/mol. The van der Waals surface area contributed by atoms with Crippen molar-refractivity contribution >= 4 is 29.0 Å². The van der Waals surface area contributed by atoms with Crippen molar-refractivity contribution in [3.8, 4) is 0 Å². The normalized spacial score (nSPS) is 9.20. The Morgan fingerprint density at radius 1 is 1.67 bits per heavy atom. The molecule has 0 aliphatic heterocycles. The predicted octanol–water partition coefficient (Wildman–Crippen LogP) is 2.74. The molecule has 1 aromatic rings. The third-order valence-corrected chi connectivity index (χ3v) is 1.71. The zero-order valence-electron chi connectivity index (χ0n) is 7.99. The Labute approximate surface area is 91.6 Å². The molecule has 0 aliphatic carbocycles. The Kier molecular flexibility index (Phi) is 4.09. The molecule has 78 valence electrons. The predicted molar refractivity (Wildman–Crippen MR) is 57.0 cm³/mol. The first-order valence-electron chi connectivity index (χ1n) is 4.23. The summed E-state index contributed by atoms with van der Waals surface area (Å²) in [5.41, 5.74) is 0.204. The zero-order chi connectivity index (χ0) is 11.3. The average Bonchev–Trinajstić information content (AvgIpc) is 2.18. The Morgan fingerprint density at radius 3 is 2.93 bits per heavy atom. The summed E-state index contributed by atoms with van der Waals surface area (Å²) >= 11 is 4.37. The SMILES string of the molecule is CCOC(=O)c1ccc(N=C=S)cc1F. The number of carbonyl (C=O) groups excluding carboxylic acids is 1. The van der Waals surface area contributed by atoms with Gasteiger partial charge in [0.1, 0.15) is 5.82 Å². The summed E-state index contributed by atoms with van der Waals surface area (Å²) in [7, 11) is 0. The van der Waals surface area contributed by atoms with E-state index in [4.69, 9.17) is 0 Å². The highest BCUT2D eigenvalue weighted by Gasteiger charge is 2.12. The van der Waals surface area contributed by atoms with Crippen LogP contribution in [-0.4, -0.2) is 17.7 Å². The quantitative estimate of drug-likeness (QED) is 0.451. The van der Waals surface area contributed by atoms with Gasteiger partial charge in [-0.05, 0) is 31.3 Å². The van der Waals surface area contributed by atoms with Gasteiger partial charge >= 0.3 is 5.97 Å². The molecular formula is C10H8FNO2S. The highest BCUT2D eigenvalue weighted by atomic mass is 32.1. The van der Waals surface area contributed by atoms with Crippen LogP contribution in [0.4, 0.5) is 10.1 Å². The lowest BCUT2D eigenvalue weighted by atomic mass is 10.2. The van der Waals surface area contributed by atoms with Gasteiger partial charge in [-0.15, -0.1) is 0 Å². The summed E-state index contributed by atoms with van der Waals surface area (Å²) in [4.78, 5) is 14.8. The summed E-state index contributed by atoms with van der Waals surface area (Å²) in [6.07, 6.45) is 0. The summed E-state index contributed by atoms with van der Waals surface area (Å²) < 4.78 is 18.0. The third kappa shape index (κ3) is 2.94. The minimum atomic E-state index is -0.687. The molecule has 0 heterocycles. The van der Waals surface area contributed by atoms with Crippen LogP contribution in [0.1, 0.15) is 17.3 Å². The number of ether oxygens (including phenoxy) is 1. The molecule has 0 unspecified atom stereocenters. The number of carbonyl (C=O) groups is 1. The highest BCUT2D eigenvalue weighted by molar-refractivity contribution is 7.78. The number of nitrogens with zero attached hydrogens (tertiary/aromatic N) is 1. The van der Waals surface area contributed by atoms with E-state index in [2.05, 4.69) is 27.1 Å². The van der Waals surface area contributed by atoms with Gasteiger partial charge in [0.2, 0.25) is 0 Å². The molecule has 0 saturated heterocycles. The van der Waals surface area contributed by atoms with Gasteiger partial charge in [0, 0.05) is 6.07 Å². The van der Waals surface area contributed by atoms with Crippen LogP contribution in [0, 0.1) is 5.82 Å². The molecule has 0 N–H and O–H groups in total. The van der Waals surface area contributed by atoms with Crippen molar-refractivity contribution in [3.05, 3.63) is 29.6 Å². The number of rotatable bonds is 3. The molecule has 0 aromatic heterocycles. The molecule has 5 heteroatoms. The van der Waals surface area contributed by atoms with Crippen LogP contribution in [0.3, 0.4) is 0 Å². The monoisotopic (exact) mass is 225 g/mol.